The van der Waals surface area contributed by atoms with Crippen LogP contribution < -0.4 is 21.7 Å². The molecule has 13 heteroatoms. The molecular weight excluding hydrogens is 474 g/mol. The van der Waals surface area contributed by atoms with E-state index in [1.807, 2.05) is 18.2 Å². The van der Waals surface area contributed by atoms with Gasteiger partial charge < -0.3 is 42.0 Å². The maximum atomic E-state index is 13.0. The van der Waals surface area contributed by atoms with Gasteiger partial charge in [0, 0.05) is 23.5 Å². The van der Waals surface area contributed by atoms with Gasteiger partial charge in [-0.25, -0.2) is 4.79 Å². The number of carbonyl (C=O) groups excluding carboxylic acids is 3. The van der Waals surface area contributed by atoms with Crippen LogP contribution in [0, 0.1) is 5.92 Å². The molecule has 0 radical (unpaired) electrons. The number of aromatic nitrogens is 1. The van der Waals surface area contributed by atoms with Crippen LogP contribution in [-0.2, 0) is 30.4 Å². The van der Waals surface area contributed by atoms with Gasteiger partial charge in [-0.1, -0.05) is 32.0 Å². The zero-order valence-corrected chi connectivity index (χ0v) is 19.9. The molecule has 0 saturated heterocycles. The summed E-state index contributed by atoms with van der Waals surface area (Å²) in [5.74, 6) is -5.92. The lowest BCUT2D eigenvalue weighted by atomic mass is 10.0. The van der Waals surface area contributed by atoms with Crippen LogP contribution in [0.4, 0.5) is 0 Å². The Balaban J connectivity index is 2.16. The molecule has 9 N–H and O–H groups in total. The molecule has 1 aromatic heterocycles. The minimum atomic E-state index is -1.58. The summed E-state index contributed by atoms with van der Waals surface area (Å²) in [6, 6.07) is 1.77. The third-order valence-electron chi connectivity index (χ3n) is 5.51. The minimum absolute atomic E-state index is 0.0272. The standard InChI is InChI=1S/C23H31N5O8/c1-11(2)19(28-21(33)16(8-18(30)31)26-20(32)14(24)10-29)22(34)27-17(23(35)36)7-12-9-25-15-6-4-3-5-13(12)15/h3-6,9,11,14,16-17,19,25,29H,7-8,10,24H2,1-2H3,(H,26,32)(H,27,34)(H,28,33)(H,30,31)(H,35,36). The first-order valence-electron chi connectivity index (χ1n) is 11.2. The van der Waals surface area contributed by atoms with Crippen molar-refractivity contribution in [3.63, 3.8) is 0 Å². The Labute approximate surface area is 206 Å². The fraction of sp³-hybridized carbons (Fsp3) is 0.435. The third kappa shape index (κ3) is 7.52. The SMILES string of the molecule is CC(C)C(NC(=O)C(CC(=O)O)NC(=O)C(N)CO)C(=O)NC(Cc1c[nH]c2ccccc12)C(=O)O. The van der Waals surface area contributed by atoms with Crippen LogP contribution >= 0.6 is 0 Å². The molecule has 36 heavy (non-hydrogen) atoms. The number of carboxylic acids is 2. The summed E-state index contributed by atoms with van der Waals surface area (Å²) < 4.78 is 0. The van der Waals surface area contributed by atoms with Gasteiger partial charge in [-0.15, -0.1) is 0 Å². The van der Waals surface area contributed by atoms with Gasteiger partial charge >= 0.3 is 11.9 Å². The maximum Gasteiger partial charge on any atom is 0.326 e. The molecule has 0 spiro atoms. The molecule has 4 unspecified atom stereocenters. The normalized spacial score (nSPS) is 14.5. The molecule has 0 fully saturated rings. The average Bonchev–Trinajstić information content (AvgIpc) is 3.22. The molecule has 4 atom stereocenters. The van der Waals surface area contributed by atoms with Crippen LogP contribution in [0.15, 0.2) is 30.5 Å². The Kier molecular flexibility index (Phi) is 9.93. The highest BCUT2D eigenvalue weighted by atomic mass is 16.4. The van der Waals surface area contributed by atoms with Crippen molar-refractivity contribution in [1.82, 2.24) is 20.9 Å². The van der Waals surface area contributed by atoms with Gasteiger partial charge in [0.05, 0.1) is 13.0 Å². The molecule has 1 heterocycles. The fourth-order valence-electron chi connectivity index (χ4n) is 3.52. The number of aliphatic hydroxyl groups is 1. The first-order chi connectivity index (χ1) is 16.9. The molecule has 0 aliphatic carbocycles. The largest absolute Gasteiger partial charge is 0.481 e. The molecule has 0 bridgehead atoms. The Morgan fingerprint density at radius 3 is 2.17 bits per heavy atom. The molecule has 196 valence electrons. The second-order valence-corrected chi connectivity index (χ2v) is 8.64. The lowest BCUT2D eigenvalue weighted by molar-refractivity contribution is -0.143. The number of rotatable bonds is 13. The van der Waals surface area contributed by atoms with E-state index in [1.54, 1.807) is 26.1 Å². The highest BCUT2D eigenvalue weighted by molar-refractivity contribution is 5.96. The van der Waals surface area contributed by atoms with Crippen molar-refractivity contribution in [2.75, 3.05) is 6.61 Å². The van der Waals surface area contributed by atoms with Crippen molar-refractivity contribution >= 4 is 40.6 Å². The molecule has 0 aliphatic heterocycles. The van der Waals surface area contributed by atoms with E-state index in [0.29, 0.717) is 5.56 Å². The van der Waals surface area contributed by atoms with E-state index in [9.17, 15) is 29.1 Å². The average molecular weight is 506 g/mol. The summed E-state index contributed by atoms with van der Waals surface area (Å²) in [6.45, 7) is 2.48. The summed E-state index contributed by atoms with van der Waals surface area (Å²) in [5, 5.41) is 35.6. The van der Waals surface area contributed by atoms with Gasteiger partial charge in [-0.2, -0.15) is 0 Å². The maximum absolute atomic E-state index is 13.0. The van der Waals surface area contributed by atoms with E-state index in [0.717, 1.165) is 10.9 Å². The first kappa shape index (κ1) is 28.3. The number of H-pyrrole nitrogens is 1. The van der Waals surface area contributed by atoms with Gasteiger partial charge in [0.25, 0.3) is 0 Å². The molecule has 1 aromatic carbocycles. The van der Waals surface area contributed by atoms with Crippen LogP contribution in [0.3, 0.4) is 0 Å². The van der Waals surface area contributed by atoms with Crippen molar-refractivity contribution < 1.29 is 39.3 Å². The number of carbonyl (C=O) groups is 5. The Hall–Kier alpha value is -3.97. The van der Waals surface area contributed by atoms with Crippen LogP contribution in [0.5, 0.6) is 0 Å². The van der Waals surface area contributed by atoms with Crippen molar-refractivity contribution in [1.29, 1.82) is 0 Å². The Morgan fingerprint density at radius 2 is 1.58 bits per heavy atom. The van der Waals surface area contributed by atoms with Gasteiger partial charge in [-0.05, 0) is 17.5 Å². The molecule has 2 rings (SSSR count). The number of aliphatic hydroxyl groups excluding tert-OH is 1. The van der Waals surface area contributed by atoms with E-state index in [4.69, 9.17) is 15.9 Å². The number of nitrogens with one attached hydrogen (secondary N) is 4. The van der Waals surface area contributed by atoms with Crippen molar-refractivity contribution in [3.05, 3.63) is 36.0 Å². The predicted octanol–water partition coefficient (Wildman–Crippen LogP) is -1.30. The van der Waals surface area contributed by atoms with Gasteiger partial charge in [-0.3, -0.25) is 19.2 Å². The van der Waals surface area contributed by atoms with Crippen LogP contribution in [0.25, 0.3) is 10.9 Å². The van der Waals surface area contributed by atoms with E-state index < -0.39 is 72.8 Å². The number of hydrogen-bond donors (Lipinski definition) is 8. The summed E-state index contributed by atoms with van der Waals surface area (Å²) in [4.78, 5) is 63.9. The highest BCUT2D eigenvalue weighted by Gasteiger charge is 2.33. The molecule has 2 aromatic rings. The third-order valence-corrected chi connectivity index (χ3v) is 5.51. The summed E-state index contributed by atoms with van der Waals surface area (Å²) in [6.07, 6.45) is 0.825. The van der Waals surface area contributed by atoms with E-state index in [2.05, 4.69) is 20.9 Å². The number of nitrogens with two attached hydrogens (primary N) is 1. The number of aromatic amines is 1. The predicted molar refractivity (Wildman–Crippen MR) is 128 cm³/mol. The number of aliphatic carboxylic acids is 2. The zero-order chi connectivity index (χ0) is 27.0. The molecule has 3 amide bonds. The number of para-hydroxylation sites is 1. The van der Waals surface area contributed by atoms with Crippen LogP contribution in [-0.4, -0.2) is 80.7 Å². The molecule has 13 nitrogen and oxygen atoms in total. The van der Waals surface area contributed by atoms with Crippen molar-refractivity contribution in [2.45, 2.75) is 50.9 Å². The zero-order valence-electron chi connectivity index (χ0n) is 19.9. The lowest BCUT2D eigenvalue weighted by Crippen LogP contribution is -2.59. The molecular formula is C23H31N5O8. The highest BCUT2D eigenvalue weighted by Crippen LogP contribution is 2.19. The summed E-state index contributed by atoms with van der Waals surface area (Å²) >= 11 is 0. The molecule has 0 saturated carbocycles. The van der Waals surface area contributed by atoms with E-state index in [1.165, 1.54) is 0 Å². The Morgan fingerprint density at radius 1 is 0.944 bits per heavy atom. The smallest absolute Gasteiger partial charge is 0.326 e. The quantitative estimate of drug-likeness (QED) is 0.162. The van der Waals surface area contributed by atoms with Gasteiger partial charge in [0.2, 0.25) is 17.7 Å². The summed E-state index contributed by atoms with van der Waals surface area (Å²) in [7, 11) is 0. The minimum Gasteiger partial charge on any atom is -0.481 e. The number of hydrogen-bond acceptors (Lipinski definition) is 7. The first-order valence-corrected chi connectivity index (χ1v) is 11.2. The Bertz CT molecular complexity index is 1110. The van der Waals surface area contributed by atoms with E-state index in [-0.39, 0.29) is 6.42 Å². The van der Waals surface area contributed by atoms with Crippen LogP contribution in [0.2, 0.25) is 0 Å². The van der Waals surface area contributed by atoms with Gasteiger partial charge in [0.1, 0.15) is 24.2 Å². The van der Waals surface area contributed by atoms with Crippen molar-refractivity contribution in [3.8, 4) is 0 Å². The van der Waals surface area contributed by atoms with Crippen LogP contribution in [0.1, 0.15) is 25.8 Å². The van der Waals surface area contributed by atoms with E-state index >= 15 is 0 Å². The topological polar surface area (TPSA) is 224 Å². The number of carboxylic acid groups (broad SMARTS) is 2. The molecule has 0 aliphatic rings. The number of benzene rings is 1. The fourth-order valence-corrected chi connectivity index (χ4v) is 3.52. The monoisotopic (exact) mass is 505 g/mol. The summed E-state index contributed by atoms with van der Waals surface area (Å²) in [5.41, 5.74) is 6.89. The van der Waals surface area contributed by atoms with Gasteiger partial charge in [0.15, 0.2) is 0 Å². The number of fused-ring (bicyclic) bond motifs is 1. The second-order valence-electron chi connectivity index (χ2n) is 8.64. The number of amides is 3. The lowest BCUT2D eigenvalue weighted by Gasteiger charge is -2.26. The van der Waals surface area contributed by atoms with Crippen molar-refractivity contribution in [2.24, 2.45) is 11.7 Å². The second kappa shape index (κ2) is 12.7.